The lowest BCUT2D eigenvalue weighted by Crippen LogP contribution is -2.57. The lowest BCUT2D eigenvalue weighted by molar-refractivity contribution is -0.144. The minimum atomic E-state index is -5.03. The van der Waals surface area contributed by atoms with Crippen molar-refractivity contribution in [3.05, 3.63) is 107 Å². The van der Waals surface area contributed by atoms with Gasteiger partial charge in [0.25, 0.3) is 5.91 Å². The van der Waals surface area contributed by atoms with Gasteiger partial charge in [-0.3, -0.25) is 28.9 Å². The van der Waals surface area contributed by atoms with Crippen LogP contribution in [-0.2, 0) is 50.8 Å². The fourth-order valence-electron chi connectivity index (χ4n) is 10.9. The topological polar surface area (TPSA) is 233 Å². The molecule has 5 heterocycles. The molecule has 5 aromatic rings. The molecule has 3 fully saturated rings. The Hall–Kier alpha value is -7.27. The molecule has 90 heavy (non-hydrogen) atoms. The number of anilines is 3. The zero-order chi connectivity index (χ0) is 64.9. The molecule has 5 atom stereocenters. The number of amides is 5. The first-order valence-corrected chi connectivity index (χ1v) is 30.9. The van der Waals surface area contributed by atoms with Crippen LogP contribution in [0.25, 0.3) is 21.6 Å². The number of β-amino-alcohol motifs (C(OH)–C–C–N with tert-alkyl or cyclic N) is 1. The molecule has 2 aromatic heterocycles. The monoisotopic (exact) mass is 1280 g/mol. The van der Waals surface area contributed by atoms with Gasteiger partial charge in [-0.15, -0.1) is 11.3 Å². The summed E-state index contributed by atoms with van der Waals surface area (Å²) >= 11 is 1.56. The van der Waals surface area contributed by atoms with Crippen LogP contribution in [0.4, 0.5) is 39.3 Å². The fraction of sp³-hybridized carbons (Fsp3) is 0.524. The van der Waals surface area contributed by atoms with Crippen molar-refractivity contribution in [3.8, 4) is 21.6 Å². The SMILES string of the molecule is Cc1ncsc1-c1ccc(CNC(=O)[C@@H]2C[C@@H](O)CN2C(=O)C(NC(=O)CCOCCOCCOCCOCCC(=O)N2CCN(c3ncc(-c4cc(NC(=O)c5ccc(F)cc5C(F)(F)F)c(N5C[C@@H](C)N(C)[C@@H](C)C5)cc4F)cn3)CC2)C(C)(C)C)cc1. The predicted molar refractivity (Wildman–Crippen MR) is 329 cm³/mol. The summed E-state index contributed by atoms with van der Waals surface area (Å²) < 4.78 is 94.5. The van der Waals surface area contributed by atoms with Gasteiger partial charge in [-0.05, 0) is 74.7 Å². The summed E-state index contributed by atoms with van der Waals surface area (Å²) in [5.74, 6) is -3.97. The van der Waals surface area contributed by atoms with Crippen LogP contribution in [0.15, 0.2) is 72.5 Å². The van der Waals surface area contributed by atoms with E-state index in [-0.39, 0.29) is 131 Å². The van der Waals surface area contributed by atoms with Gasteiger partial charge >= 0.3 is 6.18 Å². The molecule has 8 rings (SSSR count). The van der Waals surface area contributed by atoms with E-state index < -0.39 is 70.3 Å². The minimum Gasteiger partial charge on any atom is -0.391 e. The van der Waals surface area contributed by atoms with Crippen LogP contribution in [0.1, 0.15) is 81.1 Å². The van der Waals surface area contributed by atoms with Crippen LogP contribution in [0.2, 0.25) is 0 Å². The van der Waals surface area contributed by atoms with E-state index in [0.717, 1.165) is 33.8 Å². The van der Waals surface area contributed by atoms with Gasteiger partial charge < -0.3 is 59.6 Å². The van der Waals surface area contributed by atoms with Gasteiger partial charge in [-0.2, -0.15) is 13.2 Å². The summed E-state index contributed by atoms with van der Waals surface area (Å²) in [6, 6.07) is 10.3. The normalized spacial score (nSPS) is 18.6. The molecule has 0 spiro atoms. The number of carbonyl (C=O) groups is 5. The van der Waals surface area contributed by atoms with E-state index in [2.05, 4.69) is 35.8 Å². The summed E-state index contributed by atoms with van der Waals surface area (Å²) in [6.07, 6.45) is -2.87. The van der Waals surface area contributed by atoms with Crippen molar-refractivity contribution in [2.45, 2.75) is 104 Å². The summed E-state index contributed by atoms with van der Waals surface area (Å²) in [7, 11) is 1.96. The fourth-order valence-corrected chi connectivity index (χ4v) is 11.7. The third kappa shape index (κ3) is 18.2. The quantitative estimate of drug-likeness (QED) is 0.0324. The van der Waals surface area contributed by atoms with Crippen molar-refractivity contribution in [1.82, 2.24) is 40.3 Å². The van der Waals surface area contributed by atoms with E-state index in [9.17, 15) is 46.6 Å². The highest BCUT2D eigenvalue weighted by Crippen LogP contribution is 2.38. The van der Waals surface area contributed by atoms with Crippen molar-refractivity contribution in [2.24, 2.45) is 5.41 Å². The molecule has 27 heteroatoms. The maximum Gasteiger partial charge on any atom is 0.417 e. The minimum absolute atomic E-state index is 0.0104. The van der Waals surface area contributed by atoms with Crippen LogP contribution in [0.3, 0.4) is 0 Å². The number of aryl methyl sites for hydroxylation is 1. The molecule has 5 amide bonds. The molecular formula is C63H80F5N11O10S. The first-order chi connectivity index (χ1) is 42.9. The van der Waals surface area contributed by atoms with Crippen molar-refractivity contribution < 1.29 is 70.0 Å². The van der Waals surface area contributed by atoms with E-state index in [1.807, 2.05) is 82.7 Å². The average Bonchev–Trinajstić information content (AvgIpc) is 1.04. The Bertz CT molecular complexity index is 3240. The third-order valence-electron chi connectivity index (χ3n) is 16.2. The smallest absolute Gasteiger partial charge is 0.391 e. The Morgan fingerprint density at radius 3 is 1.96 bits per heavy atom. The van der Waals surface area contributed by atoms with Gasteiger partial charge in [0, 0.05) is 101 Å². The number of hydrogen-bond donors (Lipinski definition) is 4. The number of alkyl halides is 3. The number of aromatic nitrogens is 3. The van der Waals surface area contributed by atoms with Crippen LogP contribution < -0.4 is 25.8 Å². The highest BCUT2D eigenvalue weighted by molar-refractivity contribution is 7.13. The number of aliphatic hydroxyl groups excluding tert-OH is 1. The van der Waals surface area contributed by atoms with Gasteiger partial charge in [-0.1, -0.05) is 45.0 Å². The van der Waals surface area contributed by atoms with Crippen LogP contribution in [0.5, 0.6) is 0 Å². The molecule has 3 saturated heterocycles. The number of ether oxygens (including phenoxy) is 4. The zero-order valence-corrected chi connectivity index (χ0v) is 52.6. The van der Waals surface area contributed by atoms with Gasteiger partial charge in [0.2, 0.25) is 29.6 Å². The molecule has 0 saturated carbocycles. The largest absolute Gasteiger partial charge is 0.417 e. The van der Waals surface area contributed by atoms with E-state index in [4.69, 9.17) is 18.9 Å². The number of rotatable bonds is 26. The number of nitrogens with one attached hydrogen (secondary N) is 3. The maximum absolute atomic E-state index is 16.2. The van der Waals surface area contributed by atoms with Gasteiger partial charge in [-0.25, -0.2) is 23.7 Å². The van der Waals surface area contributed by atoms with E-state index in [0.29, 0.717) is 51.8 Å². The van der Waals surface area contributed by atoms with Gasteiger partial charge in [0.1, 0.15) is 23.7 Å². The van der Waals surface area contributed by atoms with Gasteiger partial charge in [0.05, 0.1) is 104 Å². The summed E-state index contributed by atoms with van der Waals surface area (Å²) in [4.78, 5) is 90.5. The average molecular weight is 1280 g/mol. The van der Waals surface area contributed by atoms with Crippen molar-refractivity contribution in [1.29, 1.82) is 0 Å². The Labute approximate surface area is 524 Å². The predicted octanol–water partition coefficient (Wildman–Crippen LogP) is 6.96. The molecule has 0 radical (unpaired) electrons. The standard InChI is InChI=1S/C63H80F5N11O10S/c1-39-35-78(36-40(2)75(39)7)52-31-50(65)48(30-51(52)73-58(83)47-13-12-45(64)28-49(47)63(66,67)68)44-33-70-61(71-34-44)77-18-16-76(17-19-77)55(82)15-21-87-23-25-89-27-26-88-24-22-86-20-14-54(81)74-57(62(4,5)6)60(85)79-37-46(80)29-53(79)59(84)69-32-42-8-10-43(11-9-42)56-41(3)72-38-90-56/h8-13,28,30-31,33-34,38-40,46,53,57,80H,14-27,29,32,35-37H2,1-7H3,(H,69,84)(H,73,83)(H,74,81)/t39-,40+,46-,53+,57?/m1/s1. The number of likely N-dealkylation sites (tertiary alicyclic amines) is 1. The zero-order valence-electron chi connectivity index (χ0n) is 51.7. The second-order valence-corrected chi connectivity index (χ2v) is 24.6. The highest BCUT2D eigenvalue weighted by Gasteiger charge is 2.45. The summed E-state index contributed by atoms with van der Waals surface area (Å²) in [5, 5.41) is 18.9. The lowest BCUT2D eigenvalue weighted by atomic mass is 9.85. The second-order valence-electron chi connectivity index (χ2n) is 23.8. The first kappa shape index (κ1) is 68.6. The van der Waals surface area contributed by atoms with Crippen LogP contribution in [0, 0.1) is 24.0 Å². The lowest BCUT2D eigenvalue weighted by Gasteiger charge is -2.44. The number of aliphatic hydroxyl groups is 1. The maximum atomic E-state index is 16.2. The second kappa shape index (κ2) is 31.2. The number of thiazole rings is 1. The van der Waals surface area contributed by atoms with E-state index in [1.165, 1.54) is 29.4 Å². The molecule has 21 nitrogen and oxygen atoms in total. The number of piperazine rings is 2. The van der Waals surface area contributed by atoms with Gasteiger partial charge in [0.15, 0.2) is 0 Å². The Balaban J connectivity index is 0.686. The summed E-state index contributed by atoms with van der Waals surface area (Å²) in [5.41, 5.74) is 2.24. The Kier molecular flexibility index (Phi) is 23.8. The number of hydrogen-bond acceptors (Lipinski definition) is 17. The highest BCUT2D eigenvalue weighted by atomic mass is 32.1. The molecule has 3 aliphatic rings. The summed E-state index contributed by atoms with van der Waals surface area (Å²) in [6.45, 7) is 15.9. The van der Waals surface area contributed by atoms with E-state index >= 15 is 4.39 Å². The van der Waals surface area contributed by atoms with Crippen LogP contribution >= 0.6 is 11.3 Å². The number of nitrogens with zero attached hydrogens (tertiary/aromatic N) is 8. The van der Waals surface area contributed by atoms with Crippen molar-refractivity contribution >= 4 is 58.2 Å². The Morgan fingerprint density at radius 1 is 0.756 bits per heavy atom. The van der Waals surface area contributed by atoms with Crippen molar-refractivity contribution in [3.63, 3.8) is 0 Å². The Morgan fingerprint density at radius 2 is 1.37 bits per heavy atom. The molecule has 1 unspecified atom stereocenters. The molecule has 488 valence electrons. The molecular weight excluding hydrogens is 1200 g/mol. The van der Waals surface area contributed by atoms with Crippen molar-refractivity contribution in [2.75, 3.05) is 121 Å². The number of carbonyl (C=O) groups excluding carboxylic acids is 5. The molecule has 0 aliphatic carbocycles. The molecule has 3 aliphatic heterocycles. The number of halogens is 5. The molecule has 0 bridgehead atoms. The molecule has 4 N–H and O–H groups in total. The number of likely N-dealkylation sites (N-methyl/N-ethyl adjacent to an activating group) is 1. The van der Waals surface area contributed by atoms with Crippen LogP contribution in [-0.4, -0.2) is 200 Å². The van der Waals surface area contributed by atoms with E-state index in [1.54, 1.807) is 21.7 Å². The number of benzene rings is 3. The first-order valence-electron chi connectivity index (χ1n) is 30.1. The third-order valence-corrected chi connectivity index (χ3v) is 17.2. The molecule has 3 aromatic carbocycles.